The molecule has 68 valence electrons. The summed E-state index contributed by atoms with van der Waals surface area (Å²) in [5, 5.41) is 12.4. The van der Waals surface area contributed by atoms with Gasteiger partial charge in [-0.1, -0.05) is 0 Å². The first-order valence-corrected chi connectivity index (χ1v) is 6.43. The molecule has 1 heterocycles. The third-order valence-corrected chi connectivity index (χ3v) is 4.49. The van der Waals surface area contributed by atoms with E-state index in [1.54, 1.807) is 11.3 Å². The van der Waals surface area contributed by atoms with Crippen LogP contribution in [0.5, 0.6) is 0 Å². The van der Waals surface area contributed by atoms with Gasteiger partial charge >= 0.3 is 0 Å². The maximum atomic E-state index is 9.16. The minimum atomic E-state index is 0.111. The zero-order valence-corrected chi connectivity index (χ0v) is 11.1. The van der Waals surface area contributed by atoms with Gasteiger partial charge < -0.3 is 5.11 Å². The lowest BCUT2D eigenvalue weighted by Crippen LogP contribution is -1.84. The number of benzene rings is 1. The zero-order valence-electron chi connectivity index (χ0n) is 6.55. The lowest BCUT2D eigenvalue weighted by Gasteiger charge is -2.00. The van der Waals surface area contributed by atoms with Gasteiger partial charge in [-0.05, 0) is 56.2 Å². The van der Waals surface area contributed by atoms with Gasteiger partial charge in [0.1, 0.15) is 0 Å². The highest BCUT2D eigenvalue weighted by molar-refractivity contribution is 14.1. The van der Waals surface area contributed by atoms with E-state index in [-0.39, 0.29) is 6.61 Å². The molecule has 0 saturated heterocycles. The van der Waals surface area contributed by atoms with Gasteiger partial charge in [-0.2, -0.15) is 0 Å². The topological polar surface area (TPSA) is 20.2 Å². The van der Waals surface area contributed by atoms with Gasteiger partial charge in [0.05, 0.1) is 6.61 Å². The van der Waals surface area contributed by atoms with Crippen molar-refractivity contribution in [2.24, 2.45) is 0 Å². The number of aliphatic hydroxyl groups excluding tert-OH is 1. The van der Waals surface area contributed by atoms with Crippen LogP contribution in [0.15, 0.2) is 22.0 Å². The van der Waals surface area contributed by atoms with E-state index >= 15 is 0 Å². The van der Waals surface area contributed by atoms with Crippen LogP contribution in [0.4, 0.5) is 0 Å². The molecule has 13 heavy (non-hydrogen) atoms. The molecule has 0 fully saturated rings. The molecule has 0 aliphatic carbocycles. The normalized spacial score (nSPS) is 11.0. The van der Waals surface area contributed by atoms with Crippen LogP contribution in [0.2, 0.25) is 0 Å². The Bertz CT molecular complexity index is 452. The first-order chi connectivity index (χ1) is 6.22. The lowest BCUT2D eigenvalue weighted by atomic mass is 10.2. The van der Waals surface area contributed by atoms with Gasteiger partial charge in [0.2, 0.25) is 0 Å². The Balaban J connectivity index is 2.84. The van der Waals surface area contributed by atoms with Gasteiger partial charge in [-0.25, -0.2) is 0 Å². The maximum absolute atomic E-state index is 9.16. The Morgan fingerprint density at radius 3 is 2.92 bits per heavy atom. The Morgan fingerprint density at radius 2 is 2.23 bits per heavy atom. The molecule has 0 bridgehead atoms. The summed E-state index contributed by atoms with van der Waals surface area (Å²) >= 11 is 7.42. The van der Waals surface area contributed by atoms with Crippen molar-refractivity contribution in [1.29, 1.82) is 0 Å². The van der Waals surface area contributed by atoms with Gasteiger partial charge in [0, 0.05) is 23.5 Å². The van der Waals surface area contributed by atoms with Crippen LogP contribution in [-0.4, -0.2) is 5.11 Å². The van der Waals surface area contributed by atoms with E-state index in [9.17, 15) is 0 Å². The molecule has 1 nitrogen and oxygen atoms in total. The number of thiophene rings is 1. The van der Waals surface area contributed by atoms with Crippen molar-refractivity contribution < 1.29 is 5.11 Å². The number of hydrogen-bond donors (Lipinski definition) is 1. The summed E-state index contributed by atoms with van der Waals surface area (Å²) in [6, 6.07) is 4.14. The Hall–Kier alpha value is 0.350. The third-order valence-electron chi connectivity index (χ3n) is 1.84. The fourth-order valence-corrected chi connectivity index (χ4v) is 3.59. The molecule has 2 aromatic rings. The molecule has 0 amide bonds. The van der Waals surface area contributed by atoms with Crippen LogP contribution in [0.25, 0.3) is 10.1 Å². The average Bonchev–Trinajstić information content (AvgIpc) is 2.47. The van der Waals surface area contributed by atoms with E-state index in [0.717, 1.165) is 13.6 Å². The fourth-order valence-electron chi connectivity index (χ4n) is 1.26. The molecule has 0 aliphatic heterocycles. The van der Waals surface area contributed by atoms with Crippen molar-refractivity contribution in [3.63, 3.8) is 0 Å². The van der Waals surface area contributed by atoms with Crippen molar-refractivity contribution in [2.75, 3.05) is 0 Å². The molecule has 1 N–H and O–H groups in total. The van der Waals surface area contributed by atoms with Crippen molar-refractivity contribution in [1.82, 2.24) is 0 Å². The van der Waals surface area contributed by atoms with Crippen molar-refractivity contribution >= 4 is 59.9 Å². The molecule has 0 saturated carbocycles. The summed E-state index contributed by atoms with van der Waals surface area (Å²) in [6.07, 6.45) is 0. The second-order valence-corrected chi connectivity index (χ2v) is 5.66. The molecule has 1 aromatic heterocycles. The summed E-state index contributed by atoms with van der Waals surface area (Å²) in [5.74, 6) is 0. The number of aliphatic hydroxyl groups is 1. The van der Waals surface area contributed by atoms with Crippen LogP contribution in [0, 0.1) is 3.57 Å². The number of halogens is 2. The minimum absolute atomic E-state index is 0.111. The van der Waals surface area contributed by atoms with Crippen molar-refractivity contribution in [3.8, 4) is 0 Å². The van der Waals surface area contributed by atoms with Crippen molar-refractivity contribution in [3.05, 3.63) is 31.1 Å². The zero-order chi connectivity index (χ0) is 9.42. The molecular weight excluding hydrogens is 363 g/mol. The molecule has 1 aromatic carbocycles. The van der Waals surface area contributed by atoms with Gasteiger partial charge in [0.15, 0.2) is 0 Å². The standard InChI is InChI=1S/C9H6BrIOS/c10-8-4-13-9-5(3-12)1-6(11)2-7(8)9/h1-2,4,12H,3H2. The highest BCUT2D eigenvalue weighted by Crippen LogP contribution is 2.34. The molecule has 0 aliphatic rings. The maximum Gasteiger partial charge on any atom is 0.0696 e. The molecule has 0 atom stereocenters. The highest BCUT2D eigenvalue weighted by atomic mass is 127. The lowest BCUT2D eigenvalue weighted by molar-refractivity contribution is 0.283. The van der Waals surface area contributed by atoms with Crippen LogP contribution in [-0.2, 0) is 6.61 Å². The fraction of sp³-hybridized carbons (Fsp3) is 0.111. The Morgan fingerprint density at radius 1 is 1.46 bits per heavy atom. The Kier molecular flexibility index (Phi) is 2.92. The van der Waals surface area contributed by atoms with Gasteiger partial charge in [0.25, 0.3) is 0 Å². The molecule has 0 unspecified atom stereocenters. The van der Waals surface area contributed by atoms with Crippen LogP contribution >= 0.6 is 49.9 Å². The predicted octanol–water partition coefficient (Wildman–Crippen LogP) is 3.76. The second kappa shape index (κ2) is 3.84. The van der Waals surface area contributed by atoms with Crippen LogP contribution in [0.1, 0.15) is 5.56 Å². The SMILES string of the molecule is OCc1cc(I)cc2c(Br)csc12. The summed E-state index contributed by atoms with van der Waals surface area (Å²) in [5.41, 5.74) is 1.01. The number of fused-ring (bicyclic) bond motifs is 1. The van der Waals surface area contributed by atoms with E-state index in [1.807, 2.05) is 6.07 Å². The highest BCUT2D eigenvalue weighted by Gasteiger charge is 2.06. The molecule has 4 heteroatoms. The third kappa shape index (κ3) is 1.77. The molecule has 0 radical (unpaired) electrons. The molecular formula is C9H6BrIOS. The Labute approximate surface area is 102 Å². The first-order valence-electron chi connectivity index (χ1n) is 3.68. The summed E-state index contributed by atoms with van der Waals surface area (Å²) in [6.45, 7) is 0.111. The first kappa shape index (κ1) is 9.89. The number of hydrogen-bond acceptors (Lipinski definition) is 2. The molecule has 0 spiro atoms. The monoisotopic (exact) mass is 368 g/mol. The number of rotatable bonds is 1. The molecule has 2 rings (SSSR count). The quantitative estimate of drug-likeness (QED) is 0.760. The smallest absolute Gasteiger partial charge is 0.0696 e. The van der Waals surface area contributed by atoms with E-state index in [1.165, 1.54) is 10.1 Å². The summed E-state index contributed by atoms with van der Waals surface area (Å²) < 4.78 is 3.45. The van der Waals surface area contributed by atoms with Gasteiger partial charge in [-0.3, -0.25) is 0 Å². The van der Waals surface area contributed by atoms with Crippen LogP contribution in [0.3, 0.4) is 0 Å². The van der Waals surface area contributed by atoms with E-state index < -0.39 is 0 Å². The minimum Gasteiger partial charge on any atom is -0.392 e. The second-order valence-electron chi connectivity index (χ2n) is 2.68. The van der Waals surface area contributed by atoms with Crippen LogP contribution < -0.4 is 0 Å². The van der Waals surface area contributed by atoms with E-state index in [2.05, 4.69) is 50.0 Å². The predicted molar refractivity (Wildman–Crippen MR) is 68.2 cm³/mol. The largest absolute Gasteiger partial charge is 0.392 e. The summed E-state index contributed by atoms with van der Waals surface area (Å²) in [7, 11) is 0. The summed E-state index contributed by atoms with van der Waals surface area (Å²) in [4.78, 5) is 0. The van der Waals surface area contributed by atoms with E-state index in [0.29, 0.717) is 0 Å². The van der Waals surface area contributed by atoms with E-state index in [4.69, 9.17) is 5.11 Å². The average molecular weight is 369 g/mol. The van der Waals surface area contributed by atoms with Gasteiger partial charge in [-0.15, -0.1) is 11.3 Å². The van der Waals surface area contributed by atoms with Crippen molar-refractivity contribution in [2.45, 2.75) is 6.61 Å².